The summed E-state index contributed by atoms with van der Waals surface area (Å²) in [7, 11) is -3.67. The number of halogens is 1. The molecule has 0 aromatic heterocycles. The molecule has 22 heavy (non-hydrogen) atoms. The first-order valence-electron chi connectivity index (χ1n) is 7.15. The van der Waals surface area contributed by atoms with E-state index in [-0.39, 0.29) is 21.4 Å². The molecule has 0 radical (unpaired) electrons. The SMILES string of the molecule is C=CCNC(=O)c1ccc(Cl)c(S(=O)(=O)N2CCCCC2)c1. The molecule has 0 unspecified atom stereocenters. The Morgan fingerprint density at radius 3 is 2.64 bits per heavy atom. The van der Waals surface area contributed by atoms with Gasteiger partial charge in [0.15, 0.2) is 0 Å². The molecule has 1 heterocycles. The summed E-state index contributed by atoms with van der Waals surface area (Å²) < 4.78 is 26.8. The molecule has 0 saturated carbocycles. The minimum Gasteiger partial charge on any atom is -0.349 e. The van der Waals surface area contributed by atoms with Crippen LogP contribution >= 0.6 is 11.6 Å². The van der Waals surface area contributed by atoms with Crippen molar-refractivity contribution in [2.24, 2.45) is 0 Å². The number of piperidine rings is 1. The molecule has 120 valence electrons. The van der Waals surface area contributed by atoms with Crippen LogP contribution in [0.2, 0.25) is 5.02 Å². The van der Waals surface area contributed by atoms with Crippen molar-refractivity contribution in [3.63, 3.8) is 0 Å². The summed E-state index contributed by atoms with van der Waals surface area (Å²) in [5.74, 6) is -0.355. The van der Waals surface area contributed by atoms with Crippen LogP contribution in [0.25, 0.3) is 0 Å². The second-order valence-electron chi connectivity index (χ2n) is 5.11. The van der Waals surface area contributed by atoms with Gasteiger partial charge in [-0.05, 0) is 31.0 Å². The Hall–Kier alpha value is -1.37. The highest BCUT2D eigenvalue weighted by molar-refractivity contribution is 7.89. The molecule has 0 bridgehead atoms. The van der Waals surface area contributed by atoms with Crippen LogP contribution < -0.4 is 5.32 Å². The number of benzene rings is 1. The molecule has 1 saturated heterocycles. The van der Waals surface area contributed by atoms with Gasteiger partial charge in [0.25, 0.3) is 5.91 Å². The second kappa shape index (κ2) is 7.26. The third-order valence-corrected chi connectivity index (χ3v) is 5.91. The third-order valence-electron chi connectivity index (χ3n) is 3.53. The molecule has 1 aliphatic heterocycles. The number of hydrogen-bond donors (Lipinski definition) is 1. The zero-order valence-electron chi connectivity index (χ0n) is 12.2. The molecule has 1 aromatic carbocycles. The van der Waals surface area contributed by atoms with E-state index in [0.717, 1.165) is 19.3 Å². The fourth-order valence-electron chi connectivity index (χ4n) is 2.35. The molecule has 0 spiro atoms. The van der Waals surface area contributed by atoms with Gasteiger partial charge < -0.3 is 5.32 Å². The van der Waals surface area contributed by atoms with Crippen LogP contribution in [0.15, 0.2) is 35.7 Å². The van der Waals surface area contributed by atoms with Crippen LogP contribution in [0.4, 0.5) is 0 Å². The number of amides is 1. The lowest BCUT2D eigenvalue weighted by Crippen LogP contribution is -2.36. The highest BCUT2D eigenvalue weighted by Crippen LogP contribution is 2.27. The van der Waals surface area contributed by atoms with Gasteiger partial charge in [-0.3, -0.25) is 4.79 Å². The van der Waals surface area contributed by atoms with Crippen molar-refractivity contribution >= 4 is 27.5 Å². The molecule has 2 rings (SSSR count). The van der Waals surface area contributed by atoms with Crippen LogP contribution in [0, 0.1) is 0 Å². The van der Waals surface area contributed by atoms with Crippen molar-refractivity contribution in [3.8, 4) is 0 Å². The molecule has 1 amide bonds. The predicted molar refractivity (Wildman–Crippen MR) is 86.6 cm³/mol. The van der Waals surface area contributed by atoms with E-state index in [1.807, 2.05) is 0 Å². The summed E-state index contributed by atoms with van der Waals surface area (Å²) in [5, 5.41) is 2.75. The Morgan fingerprint density at radius 2 is 2.00 bits per heavy atom. The molecular weight excluding hydrogens is 324 g/mol. The van der Waals surface area contributed by atoms with Crippen LogP contribution in [0.1, 0.15) is 29.6 Å². The minimum absolute atomic E-state index is 0.0117. The van der Waals surface area contributed by atoms with Crippen molar-refractivity contribution in [2.45, 2.75) is 24.2 Å². The highest BCUT2D eigenvalue weighted by atomic mass is 35.5. The minimum atomic E-state index is -3.67. The van der Waals surface area contributed by atoms with Crippen molar-refractivity contribution in [1.82, 2.24) is 9.62 Å². The van der Waals surface area contributed by atoms with Crippen LogP contribution in [-0.4, -0.2) is 38.3 Å². The first-order valence-corrected chi connectivity index (χ1v) is 8.97. The lowest BCUT2D eigenvalue weighted by molar-refractivity contribution is 0.0958. The van der Waals surface area contributed by atoms with Crippen molar-refractivity contribution in [3.05, 3.63) is 41.4 Å². The van der Waals surface area contributed by atoms with Gasteiger partial charge >= 0.3 is 0 Å². The summed E-state index contributed by atoms with van der Waals surface area (Å²) in [6.45, 7) is 4.82. The van der Waals surface area contributed by atoms with Gasteiger partial charge in [0.1, 0.15) is 4.90 Å². The average molecular weight is 343 g/mol. The van der Waals surface area contributed by atoms with E-state index in [4.69, 9.17) is 11.6 Å². The van der Waals surface area contributed by atoms with E-state index in [0.29, 0.717) is 19.6 Å². The zero-order chi connectivity index (χ0) is 16.2. The van der Waals surface area contributed by atoms with E-state index in [9.17, 15) is 13.2 Å². The van der Waals surface area contributed by atoms with E-state index in [2.05, 4.69) is 11.9 Å². The number of sulfonamides is 1. The van der Waals surface area contributed by atoms with E-state index >= 15 is 0 Å². The summed E-state index contributed by atoms with van der Waals surface area (Å²) in [6.07, 6.45) is 4.27. The first-order chi connectivity index (χ1) is 10.5. The van der Waals surface area contributed by atoms with Gasteiger partial charge in [0, 0.05) is 25.2 Å². The summed E-state index contributed by atoms with van der Waals surface area (Å²) in [6, 6.07) is 4.29. The maximum atomic E-state index is 12.7. The molecule has 7 heteroatoms. The molecule has 5 nitrogen and oxygen atoms in total. The smallest absolute Gasteiger partial charge is 0.251 e. The lowest BCUT2D eigenvalue weighted by Gasteiger charge is -2.26. The molecule has 1 aromatic rings. The first kappa shape index (κ1) is 17.0. The second-order valence-corrected chi connectivity index (χ2v) is 7.42. The van der Waals surface area contributed by atoms with Crippen molar-refractivity contribution in [2.75, 3.05) is 19.6 Å². The molecule has 1 aliphatic rings. The number of carbonyl (C=O) groups excluding carboxylic acids is 1. The average Bonchev–Trinajstić information content (AvgIpc) is 2.53. The standard InChI is InChI=1S/C15H19ClN2O3S/c1-2-8-17-15(19)12-6-7-13(16)14(11-12)22(20,21)18-9-4-3-5-10-18/h2,6-7,11H,1,3-5,8-10H2,(H,17,19). The molecule has 1 fully saturated rings. The van der Waals surface area contributed by atoms with Crippen LogP contribution in [0.3, 0.4) is 0 Å². The summed E-state index contributed by atoms with van der Waals surface area (Å²) in [4.78, 5) is 11.9. The molecule has 1 N–H and O–H groups in total. The van der Waals surface area contributed by atoms with Crippen molar-refractivity contribution in [1.29, 1.82) is 0 Å². The fraction of sp³-hybridized carbons (Fsp3) is 0.400. The van der Waals surface area contributed by atoms with Gasteiger partial charge in [0.05, 0.1) is 5.02 Å². The Balaban J connectivity index is 2.33. The van der Waals surface area contributed by atoms with E-state index < -0.39 is 10.0 Å². The Bertz CT molecular complexity index is 667. The number of rotatable bonds is 5. The van der Waals surface area contributed by atoms with Gasteiger partial charge in [-0.2, -0.15) is 4.31 Å². The Morgan fingerprint density at radius 1 is 1.32 bits per heavy atom. The highest BCUT2D eigenvalue weighted by Gasteiger charge is 2.28. The summed E-state index contributed by atoms with van der Waals surface area (Å²) in [5.41, 5.74) is 0.266. The number of nitrogens with one attached hydrogen (secondary N) is 1. The van der Waals surface area contributed by atoms with E-state index in [1.54, 1.807) is 6.08 Å². The number of carbonyl (C=O) groups is 1. The lowest BCUT2D eigenvalue weighted by atomic mass is 10.2. The van der Waals surface area contributed by atoms with Gasteiger partial charge in [0.2, 0.25) is 10.0 Å². The third kappa shape index (κ3) is 3.69. The maximum Gasteiger partial charge on any atom is 0.251 e. The van der Waals surface area contributed by atoms with E-state index in [1.165, 1.54) is 22.5 Å². The zero-order valence-corrected chi connectivity index (χ0v) is 13.8. The van der Waals surface area contributed by atoms with Gasteiger partial charge in [-0.1, -0.05) is 24.1 Å². The van der Waals surface area contributed by atoms with Crippen LogP contribution in [0.5, 0.6) is 0 Å². The fourth-order valence-corrected chi connectivity index (χ4v) is 4.37. The van der Waals surface area contributed by atoms with Crippen LogP contribution in [-0.2, 0) is 10.0 Å². The molecule has 0 aliphatic carbocycles. The van der Waals surface area contributed by atoms with Crippen molar-refractivity contribution < 1.29 is 13.2 Å². The molecule has 0 atom stereocenters. The Kier molecular flexibility index (Phi) is 5.61. The monoisotopic (exact) mass is 342 g/mol. The van der Waals surface area contributed by atoms with Gasteiger partial charge in [-0.15, -0.1) is 6.58 Å². The number of hydrogen-bond acceptors (Lipinski definition) is 3. The Labute approximate surface area is 136 Å². The summed E-state index contributed by atoms with van der Waals surface area (Å²) >= 11 is 6.06. The quantitative estimate of drug-likeness (QED) is 0.836. The predicted octanol–water partition coefficient (Wildman–Crippen LogP) is 2.43. The maximum absolute atomic E-state index is 12.7. The largest absolute Gasteiger partial charge is 0.349 e. The topological polar surface area (TPSA) is 66.5 Å². The number of nitrogens with zero attached hydrogens (tertiary/aromatic N) is 1. The van der Waals surface area contributed by atoms with Gasteiger partial charge in [-0.25, -0.2) is 8.42 Å². The molecular formula is C15H19ClN2O3S. The normalized spacial score (nSPS) is 16.2.